The fourth-order valence-electron chi connectivity index (χ4n) is 2.79. The summed E-state index contributed by atoms with van der Waals surface area (Å²) in [4.78, 5) is 14.2. The van der Waals surface area contributed by atoms with Crippen LogP contribution in [-0.4, -0.2) is 43.6 Å². The van der Waals surface area contributed by atoms with Gasteiger partial charge in [0.1, 0.15) is 5.75 Å². The number of carbonyl (C=O) groups is 1. The molecule has 5 heteroatoms. The number of ether oxygens (including phenoxy) is 1. The Morgan fingerprint density at radius 1 is 1.36 bits per heavy atom. The van der Waals surface area contributed by atoms with Crippen molar-refractivity contribution >= 4 is 18.3 Å². The maximum absolute atomic E-state index is 12.4. The Morgan fingerprint density at radius 3 is 2.77 bits per heavy atom. The van der Waals surface area contributed by atoms with E-state index < -0.39 is 0 Å². The van der Waals surface area contributed by atoms with Crippen molar-refractivity contribution in [3.63, 3.8) is 0 Å². The summed E-state index contributed by atoms with van der Waals surface area (Å²) in [6.07, 6.45) is 2.76. The molecule has 4 nitrogen and oxygen atoms in total. The van der Waals surface area contributed by atoms with E-state index in [2.05, 4.69) is 12.2 Å². The lowest BCUT2D eigenvalue weighted by atomic mass is 9.92. The number of amides is 1. The fourth-order valence-corrected chi connectivity index (χ4v) is 2.79. The monoisotopic (exact) mass is 326 g/mol. The summed E-state index contributed by atoms with van der Waals surface area (Å²) in [6.45, 7) is 4.49. The molecule has 0 saturated carbocycles. The summed E-state index contributed by atoms with van der Waals surface area (Å²) in [6, 6.07) is 10.2. The predicted octanol–water partition coefficient (Wildman–Crippen LogP) is 2.72. The van der Waals surface area contributed by atoms with Crippen molar-refractivity contribution in [2.75, 3.05) is 26.7 Å². The smallest absolute Gasteiger partial charge is 0.225 e. The zero-order chi connectivity index (χ0) is 15.1. The number of hydrogen-bond donors (Lipinski definition) is 1. The van der Waals surface area contributed by atoms with Crippen LogP contribution in [-0.2, 0) is 4.79 Å². The minimum atomic E-state index is 0. The molecule has 124 valence electrons. The van der Waals surface area contributed by atoms with Gasteiger partial charge in [-0.2, -0.15) is 0 Å². The van der Waals surface area contributed by atoms with Crippen molar-refractivity contribution in [2.45, 2.75) is 32.2 Å². The van der Waals surface area contributed by atoms with Crippen LogP contribution in [0, 0.1) is 5.92 Å². The highest BCUT2D eigenvalue weighted by molar-refractivity contribution is 5.85. The minimum Gasteiger partial charge on any atom is -0.494 e. The first kappa shape index (κ1) is 18.8. The molecule has 1 aromatic carbocycles. The second-order valence-electron chi connectivity index (χ2n) is 5.85. The second-order valence-corrected chi connectivity index (χ2v) is 5.85. The van der Waals surface area contributed by atoms with Crippen molar-refractivity contribution in [1.82, 2.24) is 10.2 Å². The van der Waals surface area contributed by atoms with E-state index >= 15 is 0 Å². The number of rotatable bonds is 6. The first-order chi connectivity index (χ1) is 10.2. The first-order valence-electron chi connectivity index (χ1n) is 7.83. The van der Waals surface area contributed by atoms with Crippen molar-refractivity contribution < 1.29 is 9.53 Å². The topological polar surface area (TPSA) is 41.6 Å². The average molecular weight is 327 g/mol. The molecule has 0 radical (unpaired) electrons. The minimum absolute atomic E-state index is 0. The van der Waals surface area contributed by atoms with E-state index in [0.717, 1.165) is 38.1 Å². The van der Waals surface area contributed by atoms with Gasteiger partial charge in [0.25, 0.3) is 0 Å². The summed E-state index contributed by atoms with van der Waals surface area (Å²) in [5, 5.41) is 3.39. The fraction of sp³-hybridized carbons (Fsp3) is 0.588. The van der Waals surface area contributed by atoms with E-state index in [0.29, 0.717) is 12.6 Å². The van der Waals surface area contributed by atoms with E-state index in [1.54, 1.807) is 0 Å². The maximum Gasteiger partial charge on any atom is 0.225 e. The molecular formula is C17H27ClN2O2. The van der Waals surface area contributed by atoms with Crippen LogP contribution in [0.2, 0.25) is 0 Å². The van der Waals surface area contributed by atoms with Gasteiger partial charge in [-0.15, -0.1) is 12.4 Å². The molecule has 2 rings (SSSR count). The zero-order valence-electron chi connectivity index (χ0n) is 13.5. The molecule has 1 N–H and O–H groups in total. The molecule has 0 bridgehead atoms. The lowest BCUT2D eigenvalue weighted by molar-refractivity contribution is -0.135. The molecule has 0 spiro atoms. The molecule has 0 aliphatic carbocycles. The van der Waals surface area contributed by atoms with Gasteiger partial charge in [-0.05, 0) is 44.9 Å². The number of nitrogens with zero attached hydrogens (tertiary/aromatic N) is 1. The van der Waals surface area contributed by atoms with Gasteiger partial charge >= 0.3 is 0 Å². The van der Waals surface area contributed by atoms with Gasteiger partial charge < -0.3 is 15.0 Å². The quantitative estimate of drug-likeness (QED) is 0.817. The molecule has 1 amide bonds. The van der Waals surface area contributed by atoms with Crippen LogP contribution >= 0.6 is 12.4 Å². The third-order valence-electron chi connectivity index (χ3n) is 4.00. The van der Waals surface area contributed by atoms with Crippen LogP contribution in [0.15, 0.2) is 30.3 Å². The van der Waals surface area contributed by atoms with E-state index in [1.807, 2.05) is 42.3 Å². The maximum atomic E-state index is 12.4. The highest BCUT2D eigenvalue weighted by Crippen LogP contribution is 2.18. The SMILES string of the molecule is C[C@H]1C[C@@H](C(=O)N(C)CCCOc2ccccc2)CCN1.Cl. The molecule has 1 heterocycles. The molecular weight excluding hydrogens is 300 g/mol. The molecule has 1 aliphatic rings. The van der Waals surface area contributed by atoms with Gasteiger partial charge in [0.2, 0.25) is 5.91 Å². The summed E-state index contributed by atoms with van der Waals surface area (Å²) >= 11 is 0. The van der Waals surface area contributed by atoms with Crippen molar-refractivity contribution in [1.29, 1.82) is 0 Å². The van der Waals surface area contributed by atoms with E-state index in [9.17, 15) is 4.79 Å². The van der Waals surface area contributed by atoms with E-state index in [-0.39, 0.29) is 24.2 Å². The predicted molar refractivity (Wildman–Crippen MR) is 91.6 cm³/mol. The van der Waals surface area contributed by atoms with Crippen LogP contribution in [0.4, 0.5) is 0 Å². The van der Waals surface area contributed by atoms with Crippen molar-refractivity contribution in [2.24, 2.45) is 5.92 Å². The largest absolute Gasteiger partial charge is 0.494 e. The number of hydrogen-bond acceptors (Lipinski definition) is 3. The van der Waals surface area contributed by atoms with Gasteiger partial charge in [-0.3, -0.25) is 4.79 Å². The van der Waals surface area contributed by atoms with Crippen LogP contribution in [0.5, 0.6) is 5.75 Å². The van der Waals surface area contributed by atoms with Crippen LogP contribution in [0.1, 0.15) is 26.2 Å². The van der Waals surface area contributed by atoms with Crippen molar-refractivity contribution in [3.05, 3.63) is 30.3 Å². The normalized spacial score (nSPS) is 20.8. The second kappa shape index (κ2) is 9.70. The van der Waals surface area contributed by atoms with Gasteiger partial charge in [0, 0.05) is 25.6 Å². The Kier molecular flexibility index (Phi) is 8.28. The highest BCUT2D eigenvalue weighted by Gasteiger charge is 2.26. The van der Waals surface area contributed by atoms with Crippen LogP contribution in [0.3, 0.4) is 0 Å². The Bertz CT molecular complexity index is 442. The lowest BCUT2D eigenvalue weighted by Gasteiger charge is -2.30. The van der Waals surface area contributed by atoms with E-state index in [4.69, 9.17) is 4.74 Å². The molecule has 1 aliphatic heterocycles. The Balaban J connectivity index is 0.00000242. The summed E-state index contributed by atoms with van der Waals surface area (Å²) in [5.74, 6) is 1.35. The standard InChI is InChI=1S/C17H26N2O2.ClH/c1-14-13-15(9-10-18-14)17(20)19(2)11-6-12-21-16-7-4-3-5-8-16;/h3-5,7-8,14-15,18H,6,9-13H2,1-2H3;1H/t14-,15-;/m0./s1. The number of para-hydroxylation sites is 1. The Labute approximate surface area is 139 Å². The average Bonchev–Trinajstić information content (AvgIpc) is 2.51. The molecule has 0 unspecified atom stereocenters. The molecule has 1 aromatic rings. The molecule has 0 aromatic heterocycles. The molecule has 2 atom stereocenters. The molecule has 22 heavy (non-hydrogen) atoms. The van der Waals surface area contributed by atoms with Gasteiger partial charge in [0.05, 0.1) is 6.61 Å². The van der Waals surface area contributed by atoms with Gasteiger partial charge in [0.15, 0.2) is 0 Å². The van der Waals surface area contributed by atoms with E-state index in [1.165, 1.54) is 0 Å². The lowest BCUT2D eigenvalue weighted by Crippen LogP contribution is -2.43. The zero-order valence-corrected chi connectivity index (χ0v) is 14.3. The highest BCUT2D eigenvalue weighted by atomic mass is 35.5. The Hall–Kier alpha value is -1.26. The summed E-state index contributed by atoms with van der Waals surface area (Å²) in [7, 11) is 1.90. The van der Waals surface area contributed by atoms with Crippen LogP contribution in [0.25, 0.3) is 0 Å². The molecule has 1 saturated heterocycles. The third kappa shape index (κ3) is 5.85. The number of benzene rings is 1. The number of nitrogens with one attached hydrogen (secondary N) is 1. The molecule has 1 fully saturated rings. The summed E-state index contributed by atoms with van der Waals surface area (Å²) in [5.41, 5.74) is 0. The number of carbonyl (C=O) groups excluding carboxylic acids is 1. The number of halogens is 1. The van der Waals surface area contributed by atoms with Gasteiger partial charge in [-0.25, -0.2) is 0 Å². The number of piperidine rings is 1. The van der Waals surface area contributed by atoms with Crippen LogP contribution < -0.4 is 10.1 Å². The third-order valence-corrected chi connectivity index (χ3v) is 4.00. The summed E-state index contributed by atoms with van der Waals surface area (Å²) < 4.78 is 5.65. The van der Waals surface area contributed by atoms with Gasteiger partial charge in [-0.1, -0.05) is 18.2 Å². The van der Waals surface area contributed by atoms with Crippen molar-refractivity contribution in [3.8, 4) is 5.75 Å². The Morgan fingerprint density at radius 2 is 2.09 bits per heavy atom. The first-order valence-corrected chi connectivity index (χ1v) is 7.83.